The number of hydrogen-bond donors (Lipinski definition) is 2. The summed E-state index contributed by atoms with van der Waals surface area (Å²) in [7, 11) is 0.507. The quantitative estimate of drug-likeness (QED) is 0.679. The number of H-pyrrole nitrogens is 1. The van der Waals surface area contributed by atoms with Crippen molar-refractivity contribution < 1.29 is 17.9 Å². The third-order valence-electron chi connectivity index (χ3n) is 4.21. The fourth-order valence-corrected chi connectivity index (χ4v) is 3.80. The summed E-state index contributed by atoms with van der Waals surface area (Å²) in [4.78, 5) is 15.7. The summed E-state index contributed by atoms with van der Waals surface area (Å²) < 4.78 is 31.2. The van der Waals surface area contributed by atoms with Gasteiger partial charge in [0.05, 0.1) is 13.7 Å². The zero-order valence-electron chi connectivity index (χ0n) is 15.3. The lowest BCUT2D eigenvalue weighted by Crippen LogP contribution is -2.25. The van der Waals surface area contributed by atoms with Gasteiger partial charge in [0.2, 0.25) is 10.0 Å². The van der Waals surface area contributed by atoms with Gasteiger partial charge in [0, 0.05) is 30.9 Å². The fraction of sp³-hybridized carbons (Fsp3) is 0.211. The largest absolute Gasteiger partial charge is 0.495 e. The molecule has 8 heteroatoms. The lowest BCUT2D eigenvalue weighted by molar-refractivity contribution is 0.0950. The van der Waals surface area contributed by atoms with Crippen molar-refractivity contribution in [3.8, 4) is 5.75 Å². The van der Waals surface area contributed by atoms with Gasteiger partial charge in [-0.25, -0.2) is 12.7 Å². The molecule has 27 heavy (non-hydrogen) atoms. The van der Waals surface area contributed by atoms with Crippen LogP contribution in [-0.2, 0) is 16.6 Å². The molecule has 0 spiro atoms. The normalized spacial score (nSPS) is 11.7. The molecule has 0 unspecified atom stereocenters. The highest BCUT2D eigenvalue weighted by Crippen LogP contribution is 2.27. The molecule has 7 nitrogen and oxygen atoms in total. The van der Waals surface area contributed by atoms with Gasteiger partial charge in [-0.05, 0) is 35.7 Å². The number of benzene rings is 2. The number of hydrogen-bond acceptors (Lipinski definition) is 4. The van der Waals surface area contributed by atoms with Gasteiger partial charge in [-0.15, -0.1) is 0 Å². The predicted octanol–water partition coefficient (Wildman–Crippen LogP) is 2.36. The van der Waals surface area contributed by atoms with E-state index in [-0.39, 0.29) is 22.1 Å². The Labute approximate surface area is 158 Å². The van der Waals surface area contributed by atoms with Gasteiger partial charge in [-0.3, -0.25) is 4.79 Å². The number of carbonyl (C=O) groups is 1. The maximum Gasteiger partial charge on any atom is 0.251 e. The number of methoxy groups -OCH3 is 1. The molecule has 3 rings (SSSR count). The molecule has 3 aromatic rings. The molecule has 0 aliphatic carbocycles. The Hall–Kier alpha value is -2.84. The Morgan fingerprint density at radius 2 is 1.89 bits per heavy atom. The van der Waals surface area contributed by atoms with E-state index in [1.165, 1.54) is 39.4 Å². The summed E-state index contributed by atoms with van der Waals surface area (Å²) in [6.45, 7) is 0.301. The SMILES string of the molecule is COc1ccc(C(=O)NCc2cc3ccccc3[nH]2)cc1S(=O)(=O)N(C)C. The van der Waals surface area contributed by atoms with Gasteiger partial charge in [0.15, 0.2) is 0 Å². The molecule has 0 saturated heterocycles. The van der Waals surface area contributed by atoms with E-state index in [1.807, 2.05) is 30.3 Å². The molecule has 0 aliphatic heterocycles. The van der Waals surface area contributed by atoms with Crippen LogP contribution < -0.4 is 10.1 Å². The van der Waals surface area contributed by atoms with E-state index in [9.17, 15) is 13.2 Å². The van der Waals surface area contributed by atoms with Gasteiger partial charge in [0.1, 0.15) is 10.6 Å². The second kappa shape index (κ2) is 7.42. The molecular formula is C19H21N3O4S. The van der Waals surface area contributed by atoms with E-state index < -0.39 is 10.0 Å². The molecule has 0 fully saturated rings. The second-order valence-corrected chi connectivity index (χ2v) is 8.34. The number of para-hydroxylation sites is 1. The average molecular weight is 387 g/mol. The van der Waals surface area contributed by atoms with Crippen LogP contribution in [0.1, 0.15) is 16.1 Å². The molecule has 0 saturated carbocycles. The third kappa shape index (κ3) is 3.81. The zero-order chi connectivity index (χ0) is 19.6. The van der Waals surface area contributed by atoms with Crippen LogP contribution in [0.5, 0.6) is 5.75 Å². The highest BCUT2D eigenvalue weighted by atomic mass is 32.2. The summed E-state index contributed by atoms with van der Waals surface area (Å²) in [6.07, 6.45) is 0. The monoisotopic (exact) mass is 387 g/mol. The number of aromatic nitrogens is 1. The van der Waals surface area contributed by atoms with E-state index in [4.69, 9.17) is 4.74 Å². The van der Waals surface area contributed by atoms with Gasteiger partial charge >= 0.3 is 0 Å². The van der Waals surface area contributed by atoms with Gasteiger partial charge in [-0.2, -0.15) is 0 Å². The molecule has 0 atom stereocenters. The maximum atomic E-state index is 12.5. The van der Waals surface area contributed by atoms with Crippen LogP contribution in [0.4, 0.5) is 0 Å². The molecule has 0 aliphatic rings. The number of carbonyl (C=O) groups excluding carboxylic acids is 1. The predicted molar refractivity (Wildman–Crippen MR) is 103 cm³/mol. The van der Waals surface area contributed by atoms with E-state index in [0.717, 1.165) is 20.9 Å². The molecule has 142 valence electrons. The zero-order valence-corrected chi connectivity index (χ0v) is 16.1. The van der Waals surface area contributed by atoms with Crippen molar-refractivity contribution in [1.82, 2.24) is 14.6 Å². The first-order chi connectivity index (χ1) is 12.8. The van der Waals surface area contributed by atoms with E-state index in [2.05, 4.69) is 10.3 Å². The number of amides is 1. The van der Waals surface area contributed by atoms with Crippen molar-refractivity contribution in [2.75, 3.05) is 21.2 Å². The number of nitrogens with zero attached hydrogens (tertiary/aromatic N) is 1. The topological polar surface area (TPSA) is 91.5 Å². The van der Waals surface area contributed by atoms with Gasteiger partial charge < -0.3 is 15.0 Å². The lowest BCUT2D eigenvalue weighted by atomic mass is 10.2. The van der Waals surface area contributed by atoms with Crippen LogP contribution in [0.25, 0.3) is 10.9 Å². The molecule has 1 heterocycles. The molecule has 1 aromatic heterocycles. The van der Waals surface area contributed by atoms with Crippen molar-refractivity contribution in [2.45, 2.75) is 11.4 Å². The summed E-state index contributed by atoms with van der Waals surface area (Å²) in [5.74, 6) is -0.178. The second-order valence-electron chi connectivity index (χ2n) is 6.22. The Balaban J connectivity index is 1.82. The summed E-state index contributed by atoms with van der Waals surface area (Å²) >= 11 is 0. The minimum absolute atomic E-state index is 0.0479. The number of sulfonamides is 1. The number of rotatable bonds is 6. The molecular weight excluding hydrogens is 366 g/mol. The molecule has 2 N–H and O–H groups in total. The summed E-state index contributed by atoms with van der Waals surface area (Å²) in [5.41, 5.74) is 2.09. The van der Waals surface area contributed by atoms with Crippen LogP contribution in [0, 0.1) is 0 Å². The minimum atomic E-state index is -3.74. The average Bonchev–Trinajstić information content (AvgIpc) is 3.08. The van der Waals surface area contributed by atoms with Gasteiger partial charge in [-0.1, -0.05) is 18.2 Å². The fourth-order valence-electron chi connectivity index (χ4n) is 2.72. The number of fused-ring (bicyclic) bond motifs is 1. The molecule has 1 amide bonds. The first-order valence-electron chi connectivity index (χ1n) is 8.28. The van der Waals surface area contributed by atoms with Crippen LogP contribution in [0.2, 0.25) is 0 Å². The summed E-state index contributed by atoms with van der Waals surface area (Å²) in [5, 5.41) is 3.86. The van der Waals surface area contributed by atoms with E-state index in [0.29, 0.717) is 6.54 Å². The number of ether oxygens (including phenoxy) is 1. The van der Waals surface area contributed by atoms with E-state index in [1.54, 1.807) is 0 Å². The van der Waals surface area contributed by atoms with Crippen LogP contribution in [0.3, 0.4) is 0 Å². The maximum absolute atomic E-state index is 12.5. The van der Waals surface area contributed by atoms with Crippen molar-refractivity contribution >= 4 is 26.8 Å². The molecule has 0 bridgehead atoms. The van der Waals surface area contributed by atoms with Crippen molar-refractivity contribution in [3.05, 3.63) is 59.8 Å². The smallest absolute Gasteiger partial charge is 0.251 e. The van der Waals surface area contributed by atoms with Crippen molar-refractivity contribution in [2.24, 2.45) is 0 Å². The Bertz CT molecular complexity index is 1050. The van der Waals surface area contributed by atoms with E-state index >= 15 is 0 Å². The lowest BCUT2D eigenvalue weighted by Gasteiger charge is -2.15. The Morgan fingerprint density at radius 1 is 1.15 bits per heavy atom. The highest BCUT2D eigenvalue weighted by molar-refractivity contribution is 7.89. The summed E-state index contributed by atoms with van der Waals surface area (Å²) in [6, 6.07) is 14.1. The third-order valence-corrected chi connectivity index (χ3v) is 6.05. The minimum Gasteiger partial charge on any atom is -0.495 e. The van der Waals surface area contributed by atoms with Crippen LogP contribution in [0.15, 0.2) is 53.4 Å². The molecule has 0 radical (unpaired) electrons. The van der Waals surface area contributed by atoms with Crippen molar-refractivity contribution in [1.29, 1.82) is 0 Å². The Kier molecular flexibility index (Phi) is 5.20. The van der Waals surface area contributed by atoms with Crippen LogP contribution >= 0.6 is 0 Å². The number of aromatic amines is 1. The van der Waals surface area contributed by atoms with Crippen LogP contribution in [-0.4, -0.2) is 44.8 Å². The first-order valence-corrected chi connectivity index (χ1v) is 9.72. The Morgan fingerprint density at radius 3 is 2.56 bits per heavy atom. The van der Waals surface area contributed by atoms with Gasteiger partial charge in [0.25, 0.3) is 5.91 Å². The number of nitrogens with one attached hydrogen (secondary N) is 2. The molecule has 2 aromatic carbocycles. The first kappa shape index (κ1) is 18.9. The standard InChI is InChI=1S/C19H21N3O4S/c1-22(2)27(24,25)18-11-14(8-9-17(18)26-3)19(23)20-12-15-10-13-6-4-5-7-16(13)21-15/h4-11,21H,12H2,1-3H3,(H,20,23). The van der Waals surface area contributed by atoms with Crippen molar-refractivity contribution in [3.63, 3.8) is 0 Å². The highest BCUT2D eigenvalue weighted by Gasteiger charge is 2.23.